The highest BCUT2D eigenvalue weighted by atomic mass is 16.5. The number of rotatable bonds is 4. The molecule has 0 saturated carbocycles. The van der Waals surface area contributed by atoms with Crippen LogP contribution in [0.25, 0.3) is 5.65 Å². The predicted molar refractivity (Wildman–Crippen MR) is 82.8 cm³/mol. The second-order valence-corrected chi connectivity index (χ2v) is 4.97. The Morgan fingerprint density at radius 3 is 3.00 bits per heavy atom. The summed E-state index contributed by atoms with van der Waals surface area (Å²) in [5, 5.41) is 7.33. The number of hydrogen-bond acceptors (Lipinski definition) is 5. The van der Waals surface area contributed by atoms with E-state index in [4.69, 9.17) is 4.74 Å². The van der Waals surface area contributed by atoms with Gasteiger partial charge in [-0.1, -0.05) is 29.8 Å². The average molecular weight is 296 g/mol. The van der Waals surface area contributed by atoms with Gasteiger partial charge >= 0.3 is 5.97 Å². The molecule has 1 aromatic carbocycles. The Labute approximate surface area is 127 Å². The molecule has 6 heteroatoms. The number of benzene rings is 1. The summed E-state index contributed by atoms with van der Waals surface area (Å²) in [5.74, 6) is 0.234. The van der Waals surface area contributed by atoms with Gasteiger partial charge in [0.05, 0.1) is 13.3 Å². The normalized spacial score (nSPS) is 10.6. The fraction of sp³-hybridized carbons (Fsp3) is 0.188. The number of nitrogens with one attached hydrogen (secondary N) is 1. The minimum Gasteiger partial charge on any atom is -0.465 e. The number of aryl methyl sites for hydroxylation is 1. The van der Waals surface area contributed by atoms with E-state index in [9.17, 15) is 4.79 Å². The average Bonchev–Trinajstić information content (AvgIpc) is 2.95. The molecular weight excluding hydrogens is 280 g/mol. The Balaban J connectivity index is 1.83. The fourth-order valence-electron chi connectivity index (χ4n) is 2.24. The van der Waals surface area contributed by atoms with Crippen LogP contribution in [-0.2, 0) is 11.3 Å². The lowest BCUT2D eigenvalue weighted by atomic mass is 10.1. The molecule has 0 spiro atoms. The first-order valence-corrected chi connectivity index (χ1v) is 6.89. The van der Waals surface area contributed by atoms with Crippen LogP contribution in [0.15, 0.2) is 42.7 Å². The van der Waals surface area contributed by atoms with Gasteiger partial charge in [-0.2, -0.15) is 5.10 Å². The van der Waals surface area contributed by atoms with E-state index in [1.165, 1.54) is 24.4 Å². The van der Waals surface area contributed by atoms with Crippen molar-refractivity contribution in [1.82, 2.24) is 14.6 Å². The van der Waals surface area contributed by atoms with Crippen molar-refractivity contribution in [1.29, 1.82) is 0 Å². The molecule has 0 radical (unpaired) electrons. The molecule has 0 amide bonds. The molecule has 2 heterocycles. The van der Waals surface area contributed by atoms with Crippen LogP contribution in [-0.4, -0.2) is 27.7 Å². The lowest BCUT2D eigenvalue weighted by Crippen LogP contribution is -2.05. The van der Waals surface area contributed by atoms with Gasteiger partial charge in [0.1, 0.15) is 11.4 Å². The van der Waals surface area contributed by atoms with Crippen molar-refractivity contribution in [2.75, 3.05) is 12.4 Å². The van der Waals surface area contributed by atoms with Crippen LogP contribution >= 0.6 is 0 Å². The Morgan fingerprint density at radius 2 is 2.23 bits per heavy atom. The van der Waals surface area contributed by atoms with E-state index >= 15 is 0 Å². The maximum atomic E-state index is 11.7. The molecule has 0 bridgehead atoms. The zero-order chi connectivity index (χ0) is 15.5. The standard InChI is InChI=1S/C16H16N4O2/c1-11-4-3-5-12(8-11)9-17-14-6-7-20-15(19-14)13(10-18-20)16(21)22-2/h3-8,10H,9H2,1-2H3,(H,17,19). The molecule has 1 N–H and O–H groups in total. The summed E-state index contributed by atoms with van der Waals surface area (Å²) < 4.78 is 6.28. The maximum absolute atomic E-state index is 11.7. The number of anilines is 1. The van der Waals surface area contributed by atoms with E-state index in [1.54, 1.807) is 10.7 Å². The number of hydrogen-bond donors (Lipinski definition) is 1. The van der Waals surface area contributed by atoms with Crippen LogP contribution in [0.1, 0.15) is 21.5 Å². The van der Waals surface area contributed by atoms with Crippen molar-refractivity contribution < 1.29 is 9.53 Å². The van der Waals surface area contributed by atoms with E-state index in [0.29, 0.717) is 23.6 Å². The minimum atomic E-state index is -0.446. The molecule has 3 aromatic rings. The van der Waals surface area contributed by atoms with Crippen LogP contribution in [0.4, 0.5) is 5.82 Å². The first kappa shape index (κ1) is 14.1. The van der Waals surface area contributed by atoms with Gasteiger partial charge in [-0.3, -0.25) is 0 Å². The van der Waals surface area contributed by atoms with Gasteiger partial charge in [0, 0.05) is 12.7 Å². The fourth-order valence-corrected chi connectivity index (χ4v) is 2.24. The first-order valence-electron chi connectivity index (χ1n) is 6.89. The number of aromatic nitrogens is 3. The SMILES string of the molecule is COC(=O)c1cnn2ccc(NCc3cccc(C)c3)nc12. The van der Waals surface area contributed by atoms with Crippen molar-refractivity contribution in [3.8, 4) is 0 Å². The lowest BCUT2D eigenvalue weighted by molar-refractivity contribution is 0.0602. The van der Waals surface area contributed by atoms with Gasteiger partial charge in [0.25, 0.3) is 0 Å². The van der Waals surface area contributed by atoms with Crippen LogP contribution in [0.3, 0.4) is 0 Å². The molecule has 3 rings (SSSR count). The summed E-state index contributed by atoms with van der Waals surface area (Å²) in [6.45, 7) is 2.72. The van der Waals surface area contributed by atoms with Gasteiger partial charge in [-0.15, -0.1) is 0 Å². The zero-order valence-corrected chi connectivity index (χ0v) is 12.4. The molecule has 2 aromatic heterocycles. The highest BCUT2D eigenvalue weighted by molar-refractivity contribution is 5.95. The molecule has 112 valence electrons. The van der Waals surface area contributed by atoms with Crippen molar-refractivity contribution in [3.63, 3.8) is 0 Å². The third kappa shape index (κ3) is 2.76. The van der Waals surface area contributed by atoms with Crippen molar-refractivity contribution in [3.05, 3.63) is 59.4 Å². The second-order valence-electron chi connectivity index (χ2n) is 4.97. The van der Waals surface area contributed by atoms with Gasteiger partial charge in [-0.05, 0) is 18.6 Å². The Bertz CT molecular complexity index is 826. The van der Waals surface area contributed by atoms with E-state index in [2.05, 4.69) is 40.5 Å². The van der Waals surface area contributed by atoms with Gasteiger partial charge in [0.2, 0.25) is 0 Å². The number of methoxy groups -OCH3 is 1. The number of carbonyl (C=O) groups is 1. The third-order valence-electron chi connectivity index (χ3n) is 3.33. The summed E-state index contributed by atoms with van der Waals surface area (Å²) in [5.41, 5.74) is 3.21. The molecule has 0 aliphatic carbocycles. The first-order chi connectivity index (χ1) is 10.7. The van der Waals surface area contributed by atoms with E-state index in [1.807, 2.05) is 12.1 Å². The van der Waals surface area contributed by atoms with Gasteiger partial charge in [-0.25, -0.2) is 14.3 Å². The second kappa shape index (κ2) is 5.85. The third-order valence-corrected chi connectivity index (χ3v) is 3.33. The molecule has 0 atom stereocenters. The zero-order valence-electron chi connectivity index (χ0n) is 12.4. The van der Waals surface area contributed by atoms with Gasteiger partial charge in [0.15, 0.2) is 5.65 Å². The number of carbonyl (C=O) groups excluding carboxylic acids is 1. The van der Waals surface area contributed by atoms with E-state index < -0.39 is 5.97 Å². The summed E-state index contributed by atoms with van der Waals surface area (Å²) in [7, 11) is 1.34. The van der Waals surface area contributed by atoms with E-state index in [0.717, 1.165) is 0 Å². The van der Waals surface area contributed by atoms with Gasteiger partial charge < -0.3 is 10.1 Å². The van der Waals surface area contributed by atoms with E-state index in [-0.39, 0.29) is 0 Å². The Hall–Kier alpha value is -2.89. The number of ether oxygens (including phenoxy) is 1. The minimum absolute atomic E-state index is 0.349. The van der Waals surface area contributed by atoms with Crippen molar-refractivity contribution in [2.45, 2.75) is 13.5 Å². The topological polar surface area (TPSA) is 68.5 Å². The number of nitrogens with zero attached hydrogens (tertiary/aromatic N) is 3. The summed E-state index contributed by atoms with van der Waals surface area (Å²) in [4.78, 5) is 16.1. The number of fused-ring (bicyclic) bond motifs is 1. The Morgan fingerprint density at radius 1 is 1.36 bits per heavy atom. The van der Waals surface area contributed by atoms with Crippen LogP contribution in [0.2, 0.25) is 0 Å². The summed E-state index contributed by atoms with van der Waals surface area (Å²) >= 11 is 0. The molecule has 0 unspecified atom stereocenters. The lowest BCUT2D eigenvalue weighted by Gasteiger charge is -2.07. The van der Waals surface area contributed by atoms with Crippen LogP contribution < -0.4 is 5.32 Å². The Kier molecular flexibility index (Phi) is 3.74. The monoisotopic (exact) mass is 296 g/mol. The molecular formula is C16H16N4O2. The van der Waals surface area contributed by atoms with Crippen molar-refractivity contribution >= 4 is 17.4 Å². The smallest absolute Gasteiger partial charge is 0.343 e. The van der Waals surface area contributed by atoms with Crippen LogP contribution in [0, 0.1) is 6.92 Å². The quantitative estimate of drug-likeness (QED) is 0.749. The molecule has 0 aliphatic heterocycles. The molecule has 0 saturated heterocycles. The summed E-state index contributed by atoms with van der Waals surface area (Å²) in [6.07, 6.45) is 3.21. The predicted octanol–water partition coefficient (Wildman–Crippen LogP) is 2.44. The largest absolute Gasteiger partial charge is 0.465 e. The summed E-state index contributed by atoms with van der Waals surface area (Å²) in [6, 6.07) is 10.1. The van der Waals surface area contributed by atoms with Crippen molar-refractivity contribution in [2.24, 2.45) is 0 Å². The molecule has 22 heavy (non-hydrogen) atoms. The maximum Gasteiger partial charge on any atom is 0.343 e. The van der Waals surface area contributed by atoms with Crippen LogP contribution in [0.5, 0.6) is 0 Å². The molecule has 0 aliphatic rings. The molecule has 0 fully saturated rings. The highest BCUT2D eigenvalue weighted by Crippen LogP contribution is 2.13. The highest BCUT2D eigenvalue weighted by Gasteiger charge is 2.14. The molecule has 6 nitrogen and oxygen atoms in total. The number of esters is 1.